The van der Waals surface area contributed by atoms with Gasteiger partial charge in [-0.05, 0) is 105 Å². The number of allylic oxidation sites excluding steroid dienone is 2. The summed E-state index contributed by atoms with van der Waals surface area (Å²) in [5, 5.41) is 13.6. The van der Waals surface area contributed by atoms with Gasteiger partial charge in [-0.2, -0.15) is 0 Å². The Labute approximate surface area is 292 Å². The predicted molar refractivity (Wildman–Crippen MR) is 192 cm³/mol. The summed E-state index contributed by atoms with van der Waals surface area (Å²) < 4.78 is 7.33. The van der Waals surface area contributed by atoms with Crippen molar-refractivity contribution in [1.29, 1.82) is 0 Å². The molecule has 2 aromatic rings. The van der Waals surface area contributed by atoms with Crippen LogP contribution in [0.3, 0.4) is 0 Å². The molecule has 8 rings (SSSR count). The average Bonchev–Trinajstić information content (AvgIpc) is 3.63. The van der Waals surface area contributed by atoms with Crippen molar-refractivity contribution in [2.45, 2.75) is 103 Å². The van der Waals surface area contributed by atoms with E-state index in [1.54, 1.807) is 29.8 Å². The van der Waals surface area contributed by atoms with Crippen molar-refractivity contribution in [2.75, 3.05) is 19.6 Å². The molecule has 1 amide bonds. The maximum atomic E-state index is 13.2. The first-order valence-corrected chi connectivity index (χ1v) is 19.1. The summed E-state index contributed by atoms with van der Waals surface area (Å²) >= 11 is 0. The minimum Gasteiger partial charge on any atom is -0.393 e. The van der Waals surface area contributed by atoms with Crippen molar-refractivity contribution < 1.29 is 19.4 Å². The first-order chi connectivity index (χ1) is 23.6. The number of benzene rings is 2. The van der Waals surface area contributed by atoms with Gasteiger partial charge in [-0.3, -0.25) is 14.5 Å². The molecular formula is C43H54N2O4. The van der Waals surface area contributed by atoms with Crippen molar-refractivity contribution in [3.63, 3.8) is 0 Å². The lowest BCUT2D eigenvalue weighted by molar-refractivity contribution is -0.0646. The quantitative estimate of drug-likeness (QED) is 0.250. The molecule has 6 aliphatic rings. The number of hydrogen-bond acceptors (Lipinski definition) is 5. The van der Waals surface area contributed by atoms with Crippen LogP contribution in [0.1, 0.15) is 105 Å². The highest BCUT2D eigenvalue weighted by molar-refractivity contribution is 6.09. The van der Waals surface area contributed by atoms with Crippen LogP contribution in [-0.2, 0) is 4.74 Å². The molecule has 2 aliphatic heterocycles. The van der Waals surface area contributed by atoms with Crippen LogP contribution in [0, 0.1) is 35.0 Å². The van der Waals surface area contributed by atoms with Gasteiger partial charge in [0.2, 0.25) is 0 Å². The molecule has 6 nitrogen and oxygen atoms in total. The SMILES string of the molecule is CC1=C2C[C@H]3[C@@H](CC=C4C[C@@H](O)CC[C@@]43C)[C@@H]2CC[C@]12O[C@@H]1C[C@H](C)CN(CCNC(=O)c3ccc(C(=O)c4ccccc4)cc3)[C@H]1C2C. The van der Waals surface area contributed by atoms with Crippen molar-refractivity contribution in [2.24, 2.45) is 35.0 Å². The standard InChI is InChI=1S/C43H54N2O4/c1-26-22-38-39(45(25-26)21-20-44-41(48)31-12-10-30(11-13-31)40(47)29-8-6-5-7-9-29)28(3)43(49-38)19-17-34-35-15-14-32-23-33(46)16-18-42(32,4)37(35)24-36(34)27(43)2/h5-14,26,28,33-35,37-39,46H,15-25H2,1-4H3,(H,44,48)/t26-,28?,33-,34-,35-,37-,38+,39-,42-,43-/m0/s1. The van der Waals surface area contributed by atoms with E-state index in [1.165, 1.54) is 30.4 Å². The summed E-state index contributed by atoms with van der Waals surface area (Å²) in [7, 11) is 0. The van der Waals surface area contributed by atoms with Gasteiger partial charge in [-0.25, -0.2) is 0 Å². The van der Waals surface area contributed by atoms with Crippen molar-refractivity contribution in [1.82, 2.24) is 10.2 Å². The van der Waals surface area contributed by atoms with Crippen LogP contribution in [0.4, 0.5) is 0 Å². The molecule has 2 N–H and O–H groups in total. The lowest BCUT2D eigenvalue weighted by Gasteiger charge is -2.49. The van der Waals surface area contributed by atoms with Gasteiger partial charge in [-0.15, -0.1) is 0 Å². The van der Waals surface area contributed by atoms with E-state index >= 15 is 0 Å². The van der Waals surface area contributed by atoms with Gasteiger partial charge in [0.1, 0.15) is 0 Å². The third-order valence-electron chi connectivity index (χ3n) is 14.2. The van der Waals surface area contributed by atoms with E-state index in [4.69, 9.17) is 4.74 Å². The molecule has 1 unspecified atom stereocenters. The van der Waals surface area contributed by atoms with Crippen molar-refractivity contribution in [3.05, 3.63) is 94.1 Å². The number of piperidine rings is 1. The van der Waals surface area contributed by atoms with E-state index in [9.17, 15) is 14.7 Å². The first kappa shape index (κ1) is 33.1. The highest BCUT2D eigenvalue weighted by Crippen LogP contribution is 2.65. The Morgan fingerprint density at radius 3 is 2.49 bits per heavy atom. The largest absolute Gasteiger partial charge is 0.393 e. The molecular weight excluding hydrogens is 608 g/mol. The maximum absolute atomic E-state index is 13.2. The molecule has 4 aliphatic carbocycles. The molecule has 49 heavy (non-hydrogen) atoms. The number of nitrogens with zero attached hydrogens (tertiary/aromatic N) is 1. The number of ether oxygens (including phenoxy) is 1. The number of aliphatic hydroxyl groups is 1. The second kappa shape index (κ2) is 12.6. The van der Waals surface area contributed by atoms with Gasteiger partial charge in [0.05, 0.1) is 17.8 Å². The van der Waals surface area contributed by atoms with Gasteiger partial charge < -0.3 is 15.2 Å². The number of hydrogen-bond donors (Lipinski definition) is 2. The second-order valence-electron chi connectivity index (χ2n) is 16.7. The molecule has 10 atom stereocenters. The van der Waals surface area contributed by atoms with E-state index in [-0.39, 0.29) is 34.9 Å². The summed E-state index contributed by atoms with van der Waals surface area (Å²) in [6.07, 6.45) is 11.3. The smallest absolute Gasteiger partial charge is 0.251 e. The third-order valence-corrected chi connectivity index (χ3v) is 14.2. The topological polar surface area (TPSA) is 78.9 Å². The molecule has 0 radical (unpaired) electrons. The molecule has 2 heterocycles. The Morgan fingerprint density at radius 2 is 1.71 bits per heavy atom. The molecule has 0 bridgehead atoms. The Morgan fingerprint density at radius 1 is 0.980 bits per heavy atom. The molecule has 260 valence electrons. The molecule has 1 spiro atoms. The number of carbonyl (C=O) groups is 2. The van der Waals surface area contributed by atoms with Crippen LogP contribution in [0.15, 0.2) is 77.4 Å². The van der Waals surface area contributed by atoms with Gasteiger partial charge >= 0.3 is 0 Å². The number of nitrogens with one attached hydrogen (secondary N) is 1. The van der Waals surface area contributed by atoms with Crippen molar-refractivity contribution >= 4 is 11.7 Å². The Kier molecular flexibility index (Phi) is 8.52. The summed E-state index contributed by atoms with van der Waals surface area (Å²) in [6, 6.07) is 16.6. The van der Waals surface area contributed by atoms with Crippen molar-refractivity contribution in [3.8, 4) is 0 Å². The van der Waals surface area contributed by atoms with Crippen LogP contribution in [0.2, 0.25) is 0 Å². The Hall–Kier alpha value is -3.06. The number of amides is 1. The molecule has 6 heteroatoms. The Balaban J connectivity index is 0.944. The van der Waals surface area contributed by atoms with Crippen LogP contribution < -0.4 is 5.32 Å². The van der Waals surface area contributed by atoms with Gasteiger partial charge in [0.25, 0.3) is 5.91 Å². The summed E-state index contributed by atoms with van der Waals surface area (Å²) in [4.78, 5) is 28.6. The highest BCUT2D eigenvalue weighted by Gasteiger charge is 2.61. The van der Waals surface area contributed by atoms with E-state index in [2.05, 4.69) is 44.0 Å². The van der Waals surface area contributed by atoms with Gasteiger partial charge in [-0.1, -0.05) is 80.5 Å². The molecule has 4 fully saturated rings. The van der Waals surface area contributed by atoms with Crippen LogP contribution in [-0.4, -0.2) is 65.2 Å². The lowest BCUT2D eigenvalue weighted by Crippen LogP contribution is -2.54. The number of rotatable bonds is 6. The average molecular weight is 663 g/mol. The van der Waals surface area contributed by atoms with Gasteiger partial charge in [0.15, 0.2) is 5.78 Å². The van der Waals surface area contributed by atoms with E-state index in [0.717, 1.165) is 51.1 Å². The monoisotopic (exact) mass is 662 g/mol. The zero-order chi connectivity index (χ0) is 34.1. The predicted octanol–water partition coefficient (Wildman–Crippen LogP) is 7.38. The van der Waals surface area contributed by atoms with Gasteiger partial charge in [0, 0.05) is 48.3 Å². The minimum atomic E-state index is -0.195. The Bertz CT molecular complexity index is 1660. The lowest BCUT2D eigenvalue weighted by atomic mass is 9.56. The van der Waals surface area contributed by atoms with Crippen LogP contribution in [0.25, 0.3) is 0 Å². The van der Waals surface area contributed by atoms with E-state index < -0.39 is 0 Å². The summed E-state index contributed by atoms with van der Waals surface area (Å²) in [6.45, 7) is 12.1. The maximum Gasteiger partial charge on any atom is 0.251 e. The third kappa shape index (κ3) is 5.48. The fourth-order valence-corrected chi connectivity index (χ4v) is 11.7. The van der Waals surface area contributed by atoms with E-state index in [1.807, 2.05) is 30.3 Å². The first-order valence-electron chi connectivity index (χ1n) is 19.1. The molecule has 2 saturated carbocycles. The second-order valence-corrected chi connectivity index (χ2v) is 16.7. The highest BCUT2D eigenvalue weighted by atomic mass is 16.5. The molecule has 2 saturated heterocycles. The number of aliphatic hydroxyl groups excluding tert-OH is 1. The minimum absolute atomic E-state index is 0.0388. The number of carbonyl (C=O) groups excluding carboxylic acids is 2. The summed E-state index contributed by atoms with van der Waals surface area (Å²) in [5.41, 5.74) is 6.61. The number of likely N-dealkylation sites (tertiary alicyclic amines) is 1. The zero-order valence-electron chi connectivity index (χ0n) is 29.8. The number of ketones is 1. The fraction of sp³-hybridized carbons (Fsp3) is 0.581. The molecule has 0 aromatic heterocycles. The number of fused-ring (bicyclic) bond motifs is 6. The fourth-order valence-electron chi connectivity index (χ4n) is 11.7. The van der Waals surface area contributed by atoms with E-state index in [0.29, 0.717) is 52.9 Å². The normalized spacial score (nSPS) is 38.3. The summed E-state index contributed by atoms with van der Waals surface area (Å²) in [5.74, 6) is 2.87. The van der Waals surface area contributed by atoms with Crippen LogP contribution >= 0.6 is 0 Å². The molecule has 2 aromatic carbocycles. The van der Waals surface area contributed by atoms with Crippen LogP contribution in [0.5, 0.6) is 0 Å². The zero-order valence-corrected chi connectivity index (χ0v) is 29.8.